The monoisotopic (exact) mass is 164 g/mol. The molecule has 2 aromatic heterocycles. The van der Waals surface area contributed by atoms with Crippen molar-refractivity contribution in [2.45, 2.75) is 13.8 Å². The molecule has 0 fully saturated rings. The summed E-state index contributed by atoms with van der Waals surface area (Å²) in [5.74, 6) is 0. The van der Waals surface area contributed by atoms with Crippen molar-refractivity contribution >= 4 is 21.7 Å². The first-order valence-corrected chi connectivity index (χ1v) is 4.23. The zero-order valence-corrected chi connectivity index (χ0v) is 7.27. The van der Waals surface area contributed by atoms with Crippen molar-refractivity contribution in [1.29, 1.82) is 0 Å². The molecule has 0 amide bonds. The lowest BCUT2D eigenvalue weighted by molar-refractivity contribution is 1.29. The van der Waals surface area contributed by atoms with Crippen LogP contribution in [0.4, 0.5) is 0 Å². The van der Waals surface area contributed by atoms with Crippen LogP contribution in [0, 0.1) is 13.8 Å². The SMILES string of the molecule is Cc1cnc2c(C)nsc2c1. The van der Waals surface area contributed by atoms with E-state index < -0.39 is 0 Å². The molecule has 2 nitrogen and oxygen atoms in total. The highest BCUT2D eigenvalue weighted by Crippen LogP contribution is 2.19. The van der Waals surface area contributed by atoms with Gasteiger partial charge in [-0.3, -0.25) is 4.98 Å². The summed E-state index contributed by atoms with van der Waals surface area (Å²) in [5, 5.41) is 0. The molecule has 0 bridgehead atoms. The van der Waals surface area contributed by atoms with Gasteiger partial charge in [0.2, 0.25) is 0 Å². The Hall–Kier alpha value is -0.960. The summed E-state index contributed by atoms with van der Waals surface area (Å²) >= 11 is 1.52. The Kier molecular flexibility index (Phi) is 1.39. The van der Waals surface area contributed by atoms with Gasteiger partial charge in [0.05, 0.1) is 10.4 Å². The van der Waals surface area contributed by atoms with Crippen LogP contribution in [0.25, 0.3) is 10.2 Å². The van der Waals surface area contributed by atoms with Crippen molar-refractivity contribution in [3.05, 3.63) is 23.5 Å². The van der Waals surface area contributed by atoms with Crippen molar-refractivity contribution < 1.29 is 0 Å². The first kappa shape index (κ1) is 6.73. The fraction of sp³-hybridized carbons (Fsp3) is 0.250. The molecule has 11 heavy (non-hydrogen) atoms. The summed E-state index contributed by atoms with van der Waals surface area (Å²) in [6.07, 6.45) is 1.88. The average Bonchev–Trinajstić information content (AvgIpc) is 2.32. The lowest BCUT2D eigenvalue weighted by Gasteiger charge is -1.90. The molecule has 0 spiro atoms. The maximum absolute atomic E-state index is 4.29. The van der Waals surface area contributed by atoms with E-state index in [0.29, 0.717) is 0 Å². The molecule has 2 rings (SSSR count). The number of fused-ring (bicyclic) bond motifs is 1. The van der Waals surface area contributed by atoms with E-state index in [4.69, 9.17) is 0 Å². The number of aromatic nitrogens is 2. The molecular formula is C8H8N2S. The van der Waals surface area contributed by atoms with Gasteiger partial charge in [0.25, 0.3) is 0 Å². The summed E-state index contributed by atoms with van der Waals surface area (Å²) in [6, 6.07) is 2.12. The number of pyridine rings is 1. The van der Waals surface area contributed by atoms with Crippen LogP contribution in [0.5, 0.6) is 0 Å². The van der Waals surface area contributed by atoms with Crippen LogP contribution in [0.1, 0.15) is 11.3 Å². The summed E-state index contributed by atoms with van der Waals surface area (Å²) in [4.78, 5) is 4.29. The molecule has 3 heteroatoms. The van der Waals surface area contributed by atoms with E-state index in [1.54, 1.807) is 0 Å². The van der Waals surface area contributed by atoms with Crippen LogP contribution in [0.3, 0.4) is 0 Å². The second-order valence-electron chi connectivity index (χ2n) is 2.63. The van der Waals surface area contributed by atoms with Crippen LogP contribution in [-0.2, 0) is 0 Å². The van der Waals surface area contributed by atoms with Gasteiger partial charge in [0.1, 0.15) is 5.52 Å². The smallest absolute Gasteiger partial charge is 0.104 e. The third kappa shape index (κ3) is 1.01. The van der Waals surface area contributed by atoms with Gasteiger partial charge >= 0.3 is 0 Å². The highest BCUT2D eigenvalue weighted by atomic mass is 32.1. The molecule has 2 aromatic rings. The van der Waals surface area contributed by atoms with Crippen LogP contribution >= 0.6 is 11.5 Å². The van der Waals surface area contributed by atoms with Gasteiger partial charge in [-0.1, -0.05) is 0 Å². The zero-order valence-electron chi connectivity index (χ0n) is 6.46. The van der Waals surface area contributed by atoms with Crippen LogP contribution < -0.4 is 0 Å². The number of hydrogen-bond donors (Lipinski definition) is 0. The molecule has 0 N–H and O–H groups in total. The Morgan fingerprint density at radius 1 is 1.36 bits per heavy atom. The minimum absolute atomic E-state index is 1.03. The third-order valence-corrected chi connectivity index (χ3v) is 2.49. The quantitative estimate of drug-likeness (QED) is 0.597. The highest BCUT2D eigenvalue weighted by Gasteiger charge is 2.01. The standard InChI is InChI=1S/C8H8N2S/c1-5-3-7-8(9-4-5)6(2)10-11-7/h3-4H,1-2H3. The van der Waals surface area contributed by atoms with Gasteiger partial charge in [-0.15, -0.1) is 0 Å². The topological polar surface area (TPSA) is 25.8 Å². The highest BCUT2D eigenvalue weighted by molar-refractivity contribution is 7.13. The van der Waals surface area contributed by atoms with Gasteiger partial charge in [-0.25, -0.2) is 0 Å². The molecule has 0 atom stereocenters. The normalized spacial score (nSPS) is 10.7. The minimum atomic E-state index is 1.03. The molecule has 0 saturated heterocycles. The minimum Gasteiger partial charge on any atom is -0.253 e. The molecule has 56 valence electrons. The first-order valence-electron chi connectivity index (χ1n) is 3.46. The van der Waals surface area contributed by atoms with Crippen molar-refractivity contribution in [2.24, 2.45) is 0 Å². The Morgan fingerprint density at radius 3 is 3.00 bits per heavy atom. The first-order chi connectivity index (χ1) is 5.27. The Labute approximate surface area is 69.1 Å². The van der Waals surface area contributed by atoms with E-state index in [9.17, 15) is 0 Å². The number of aryl methyl sites for hydroxylation is 2. The Morgan fingerprint density at radius 2 is 2.18 bits per heavy atom. The molecule has 0 saturated carbocycles. The molecular weight excluding hydrogens is 156 g/mol. The summed E-state index contributed by atoms with van der Waals surface area (Å²) < 4.78 is 5.40. The molecule has 0 aliphatic heterocycles. The lowest BCUT2D eigenvalue weighted by atomic mass is 10.3. The molecule has 0 unspecified atom stereocenters. The fourth-order valence-electron chi connectivity index (χ4n) is 1.04. The van der Waals surface area contributed by atoms with Gasteiger partial charge < -0.3 is 0 Å². The summed E-state index contributed by atoms with van der Waals surface area (Å²) in [5.41, 5.74) is 3.27. The lowest BCUT2D eigenvalue weighted by Crippen LogP contribution is -1.77. The maximum atomic E-state index is 4.29. The zero-order chi connectivity index (χ0) is 7.84. The summed E-state index contributed by atoms with van der Waals surface area (Å²) in [7, 11) is 0. The van der Waals surface area contributed by atoms with E-state index >= 15 is 0 Å². The largest absolute Gasteiger partial charge is 0.253 e. The van der Waals surface area contributed by atoms with Crippen molar-refractivity contribution in [1.82, 2.24) is 9.36 Å². The third-order valence-electron chi connectivity index (χ3n) is 1.61. The molecule has 0 aliphatic rings. The van der Waals surface area contributed by atoms with Gasteiger partial charge in [0, 0.05) is 6.20 Å². The molecule has 0 aliphatic carbocycles. The van der Waals surface area contributed by atoms with Crippen LogP contribution in [0.15, 0.2) is 12.3 Å². The predicted octanol–water partition coefficient (Wildman–Crippen LogP) is 2.31. The van der Waals surface area contributed by atoms with Crippen LogP contribution in [-0.4, -0.2) is 9.36 Å². The summed E-state index contributed by atoms with van der Waals surface area (Å²) in [6.45, 7) is 4.03. The fourth-order valence-corrected chi connectivity index (χ4v) is 1.89. The van der Waals surface area contributed by atoms with Crippen molar-refractivity contribution in [3.63, 3.8) is 0 Å². The molecule has 0 radical (unpaired) electrons. The number of nitrogens with zero attached hydrogens (tertiary/aromatic N) is 2. The van der Waals surface area contributed by atoms with Gasteiger partial charge in [-0.05, 0) is 37.0 Å². The van der Waals surface area contributed by atoms with E-state index in [1.807, 2.05) is 20.0 Å². The van der Waals surface area contributed by atoms with Gasteiger partial charge in [0.15, 0.2) is 0 Å². The Bertz CT molecular complexity index is 392. The maximum Gasteiger partial charge on any atom is 0.104 e. The Balaban J connectivity index is 2.86. The van der Waals surface area contributed by atoms with E-state index in [2.05, 4.69) is 15.4 Å². The van der Waals surface area contributed by atoms with E-state index in [0.717, 1.165) is 11.2 Å². The van der Waals surface area contributed by atoms with Crippen LogP contribution in [0.2, 0.25) is 0 Å². The number of rotatable bonds is 0. The van der Waals surface area contributed by atoms with E-state index in [-0.39, 0.29) is 0 Å². The van der Waals surface area contributed by atoms with Gasteiger partial charge in [-0.2, -0.15) is 4.37 Å². The average molecular weight is 164 g/mol. The number of hydrogen-bond acceptors (Lipinski definition) is 3. The van der Waals surface area contributed by atoms with E-state index in [1.165, 1.54) is 21.8 Å². The molecule has 0 aromatic carbocycles. The molecule has 2 heterocycles. The van der Waals surface area contributed by atoms with Crippen molar-refractivity contribution in [3.8, 4) is 0 Å². The second-order valence-corrected chi connectivity index (χ2v) is 3.43. The predicted molar refractivity (Wildman–Crippen MR) is 46.9 cm³/mol. The second kappa shape index (κ2) is 2.27. The van der Waals surface area contributed by atoms with Crippen molar-refractivity contribution in [2.75, 3.05) is 0 Å².